The first-order chi connectivity index (χ1) is 14.3. The topological polar surface area (TPSA) is 57.7 Å². The van der Waals surface area contributed by atoms with Crippen molar-refractivity contribution in [3.63, 3.8) is 0 Å². The summed E-state index contributed by atoms with van der Waals surface area (Å²) < 4.78 is 53.8. The van der Waals surface area contributed by atoms with E-state index in [4.69, 9.17) is 0 Å². The molecule has 3 aromatic rings. The number of hydrogen-bond donors (Lipinski definition) is 0. The van der Waals surface area contributed by atoms with Crippen LogP contribution in [-0.2, 0) is 21.4 Å². The van der Waals surface area contributed by atoms with Crippen LogP contribution in [0.1, 0.15) is 5.56 Å². The molecule has 3 aromatic carbocycles. The van der Waals surface area contributed by atoms with Gasteiger partial charge < -0.3 is 4.90 Å². The molecule has 0 bridgehead atoms. The largest absolute Gasteiger partial charge is 0.314 e. The van der Waals surface area contributed by atoms with E-state index in [1.807, 2.05) is 0 Å². The third-order valence-corrected chi connectivity index (χ3v) is 6.36. The summed E-state index contributed by atoms with van der Waals surface area (Å²) in [7, 11) is -2.51. The highest BCUT2D eigenvalue weighted by Crippen LogP contribution is 2.20. The van der Waals surface area contributed by atoms with Crippen molar-refractivity contribution in [1.82, 2.24) is 4.31 Å². The molecule has 8 heteroatoms. The van der Waals surface area contributed by atoms with Crippen molar-refractivity contribution in [1.29, 1.82) is 0 Å². The van der Waals surface area contributed by atoms with Crippen LogP contribution in [0.4, 0.5) is 14.5 Å². The van der Waals surface area contributed by atoms with E-state index in [1.165, 1.54) is 72.6 Å². The Morgan fingerprint density at radius 2 is 1.37 bits per heavy atom. The standard InChI is InChI=1S/C22H20F2N2O3S/c1-25(20-13-11-19(24)12-14-20)22(27)16-26(15-17-7-9-18(23)10-8-17)30(28,29)21-5-3-2-4-6-21/h2-14H,15-16H2,1H3. The van der Waals surface area contributed by atoms with Crippen LogP contribution in [0.2, 0.25) is 0 Å². The van der Waals surface area contributed by atoms with Gasteiger partial charge in [-0.25, -0.2) is 17.2 Å². The van der Waals surface area contributed by atoms with Crippen LogP contribution >= 0.6 is 0 Å². The Kier molecular flexibility index (Phi) is 6.59. The molecule has 0 spiro atoms. The molecule has 0 aliphatic heterocycles. The molecule has 1 amide bonds. The van der Waals surface area contributed by atoms with Gasteiger partial charge in [-0.2, -0.15) is 4.31 Å². The average Bonchev–Trinajstić information content (AvgIpc) is 2.75. The first kappa shape index (κ1) is 21.6. The van der Waals surface area contributed by atoms with Crippen LogP contribution in [0.15, 0.2) is 83.8 Å². The first-order valence-electron chi connectivity index (χ1n) is 9.09. The highest BCUT2D eigenvalue weighted by atomic mass is 32.2. The number of amides is 1. The van der Waals surface area contributed by atoms with E-state index in [0.29, 0.717) is 11.3 Å². The summed E-state index contributed by atoms with van der Waals surface area (Å²) in [5.41, 5.74) is 0.966. The minimum absolute atomic E-state index is 0.0457. The van der Waals surface area contributed by atoms with E-state index in [2.05, 4.69) is 0 Å². The molecule has 0 aromatic heterocycles. The Balaban J connectivity index is 1.89. The summed E-state index contributed by atoms with van der Waals surface area (Å²) in [6.07, 6.45) is 0. The molecule has 0 fully saturated rings. The summed E-state index contributed by atoms with van der Waals surface area (Å²) in [6, 6.07) is 18.5. The normalized spacial score (nSPS) is 11.5. The Labute approximate surface area is 174 Å². The van der Waals surface area contributed by atoms with E-state index in [-0.39, 0.29) is 11.4 Å². The molecule has 0 heterocycles. The number of anilines is 1. The maximum absolute atomic E-state index is 13.2. The number of hydrogen-bond acceptors (Lipinski definition) is 3. The Morgan fingerprint density at radius 3 is 1.93 bits per heavy atom. The minimum atomic E-state index is -3.99. The third-order valence-electron chi connectivity index (χ3n) is 4.55. The lowest BCUT2D eigenvalue weighted by Gasteiger charge is -2.25. The monoisotopic (exact) mass is 430 g/mol. The Hall–Kier alpha value is -3.10. The summed E-state index contributed by atoms with van der Waals surface area (Å²) in [5.74, 6) is -1.38. The second-order valence-corrected chi connectivity index (χ2v) is 8.58. The fraction of sp³-hybridized carbons (Fsp3) is 0.136. The number of rotatable bonds is 7. The lowest BCUT2D eigenvalue weighted by atomic mass is 10.2. The SMILES string of the molecule is CN(C(=O)CN(Cc1ccc(F)cc1)S(=O)(=O)c1ccccc1)c1ccc(F)cc1. The molecular weight excluding hydrogens is 410 g/mol. The number of nitrogens with zero attached hydrogens (tertiary/aromatic N) is 2. The molecular formula is C22H20F2N2O3S. The van der Waals surface area contributed by atoms with Crippen LogP contribution in [0, 0.1) is 11.6 Å². The number of benzene rings is 3. The van der Waals surface area contributed by atoms with Crippen LogP contribution in [0.3, 0.4) is 0 Å². The van der Waals surface area contributed by atoms with Crippen molar-refractivity contribution >= 4 is 21.6 Å². The first-order valence-corrected chi connectivity index (χ1v) is 10.5. The second kappa shape index (κ2) is 9.15. The van der Waals surface area contributed by atoms with E-state index in [0.717, 1.165) is 4.31 Å². The molecule has 0 saturated heterocycles. The molecule has 0 atom stereocenters. The second-order valence-electron chi connectivity index (χ2n) is 6.64. The molecule has 0 radical (unpaired) electrons. The zero-order chi connectivity index (χ0) is 21.7. The fourth-order valence-corrected chi connectivity index (χ4v) is 4.23. The van der Waals surface area contributed by atoms with Gasteiger partial charge in [0.15, 0.2) is 0 Å². The van der Waals surface area contributed by atoms with Crippen molar-refractivity contribution in [2.24, 2.45) is 0 Å². The predicted molar refractivity (Wildman–Crippen MR) is 110 cm³/mol. The van der Waals surface area contributed by atoms with E-state index in [9.17, 15) is 22.0 Å². The quantitative estimate of drug-likeness (QED) is 0.573. The Bertz CT molecular complexity index is 1100. The van der Waals surface area contributed by atoms with Crippen molar-refractivity contribution in [2.45, 2.75) is 11.4 Å². The smallest absolute Gasteiger partial charge is 0.243 e. The van der Waals surface area contributed by atoms with Gasteiger partial charge in [0.25, 0.3) is 0 Å². The van der Waals surface area contributed by atoms with Gasteiger partial charge >= 0.3 is 0 Å². The van der Waals surface area contributed by atoms with Crippen LogP contribution in [0.5, 0.6) is 0 Å². The van der Waals surface area contributed by atoms with Crippen molar-refractivity contribution < 1.29 is 22.0 Å². The van der Waals surface area contributed by atoms with Gasteiger partial charge in [0, 0.05) is 19.3 Å². The predicted octanol–water partition coefficient (Wildman–Crippen LogP) is 3.82. The summed E-state index contributed by atoms with van der Waals surface area (Å²) >= 11 is 0. The third kappa shape index (κ3) is 5.08. The van der Waals surface area contributed by atoms with Gasteiger partial charge in [0.05, 0.1) is 11.4 Å². The number of carbonyl (C=O) groups is 1. The minimum Gasteiger partial charge on any atom is -0.314 e. The average molecular weight is 430 g/mol. The maximum atomic E-state index is 13.2. The van der Waals surface area contributed by atoms with Crippen LogP contribution in [-0.4, -0.2) is 32.2 Å². The van der Waals surface area contributed by atoms with E-state index >= 15 is 0 Å². The van der Waals surface area contributed by atoms with Gasteiger partial charge in [-0.1, -0.05) is 30.3 Å². The van der Waals surface area contributed by atoms with E-state index in [1.54, 1.807) is 18.2 Å². The number of carbonyl (C=O) groups excluding carboxylic acids is 1. The Morgan fingerprint density at radius 1 is 0.833 bits per heavy atom. The lowest BCUT2D eigenvalue weighted by molar-refractivity contribution is -0.118. The van der Waals surface area contributed by atoms with Crippen molar-refractivity contribution in [2.75, 3.05) is 18.5 Å². The molecule has 30 heavy (non-hydrogen) atoms. The number of halogens is 2. The van der Waals surface area contributed by atoms with Gasteiger partial charge in [-0.05, 0) is 54.1 Å². The molecule has 0 aliphatic carbocycles. The van der Waals surface area contributed by atoms with Crippen molar-refractivity contribution in [3.05, 3.63) is 96.1 Å². The summed E-state index contributed by atoms with van der Waals surface area (Å²) in [4.78, 5) is 14.1. The zero-order valence-electron chi connectivity index (χ0n) is 16.2. The van der Waals surface area contributed by atoms with Gasteiger partial charge in [-0.3, -0.25) is 4.79 Å². The fourth-order valence-electron chi connectivity index (χ4n) is 2.83. The highest BCUT2D eigenvalue weighted by molar-refractivity contribution is 7.89. The maximum Gasteiger partial charge on any atom is 0.243 e. The summed E-state index contributed by atoms with van der Waals surface area (Å²) in [6.45, 7) is -0.553. The molecule has 0 saturated carbocycles. The molecule has 5 nitrogen and oxygen atoms in total. The molecule has 156 valence electrons. The number of likely N-dealkylation sites (N-methyl/N-ethyl adjacent to an activating group) is 1. The van der Waals surface area contributed by atoms with Gasteiger partial charge in [0.2, 0.25) is 15.9 Å². The highest BCUT2D eigenvalue weighted by Gasteiger charge is 2.28. The zero-order valence-corrected chi connectivity index (χ0v) is 17.0. The summed E-state index contributed by atoms with van der Waals surface area (Å²) in [5, 5.41) is 0. The van der Waals surface area contributed by atoms with Crippen LogP contribution in [0.25, 0.3) is 0 Å². The molecule has 0 N–H and O–H groups in total. The van der Waals surface area contributed by atoms with Crippen molar-refractivity contribution in [3.8, 4) is 0 Å². The molecule has 0 aliphatic rings. The van der Waals surface area contributed by atoms with E-state index < -0.39 is 34.1 Å². The van der Waals surface area contributed by atoms with Gasteiger partial charge in [-0.15, -0.1) is 0 Å². The lowest BCUT2D eigenvalue weighted by Crippen LogP contribution is -2.41. The molecule has 3 rings (SSSR count). The number of sulfonamides is 1. The van der Waals surface area contributed by atoms with Gasteiger partial charge in [0.1, 0.15) is 11.6 Å². The van der Waals surface area contributed by atoms with Crippen LogP contribution < -0.4 is 4.90 Å². The molecule has 0 unspecified atom stereocenters.